The van der Waals surface area contributed by atoms with Gasteiger partial charge in [-0.05, 0) is 31.1 Å². The van der Waals surface area contributed by atoms with Gasteiger partial charge in [-0.1, -0.05) is 6.07 Å². The third-order valence-corrected chi connectivity index (χ3v) is 2.35. The summed E-state index contributed by atoms with van der Waals surface area (Å²) in [6, 6.07) is 6.15. The van der Waals surface area contributed by atoms with Gasteiger partial charge in [-0.3, -0.25) is 9.88 Å². The lowest BCUT2D eigenvalue weighted by Gasteiger charge is -2.20. The van der Waals surface area contributed by atoms with E-state index in [4.69, 9.17) is 11.0 Å². The fraction of sp³-hybridized carbons (Fsp3) is 0.500. The van der Waals surface area contributed by atoms with Crippen LogP contribution in [0.15, 0.2) is 24.5 Å². The molecule has 0 aliphatic rings. The minimum absolute atomic E-state index is 0.560. The molecule has 4 nitrogen and oxygen atoms in total. The fourth-order valence-electron chi connectivity index (χ4n) is 1.54. The van der Waals surface area contributed by atoms with Crippen LogP contribution >= 0.6 is 0 Å². The molecule has 1 aromatic rings. The molecule has 0 spiro atoms. The lowest BCUT2D eigenvalue weighted by atomic mass is 10.2. The summed E-state index contributed by atoms with van der Waals surface area (Å²) in [6.45, 7) is 3.27. The predicted octanol–water partition coefficient (Wildman–Crippen LogP) is 1.15. The molecule has 2 N–H and O–H groups in total. The van der Waals surface area contributed by atoms with E-state index in [1.165, 1.54) is 5.56 Å². The number of hydrogen-bond donors (Lipinski definition) is 1. The van der Waals surface area contributed by atoms with E-state index in [0.717, 1.165) is 26.1 Å². The van der Waals surface area contributed by atoms with Crippen molar-refractivity contribution in [2.24, 2.45) is 5.73 Å². The van der Waals surface area contributed by atoms with Crippen molar-refractivity contribution < 1.29 is 0 Å². The summed E-state index contributed by atoms with van der Waals surface area (Å²) < 4.78 is 0. The largest absolute Gasteiger partial charge is 0.330 e. The third-order valence-electron chi connectivity index (χ3n) is 2.35. The van der Waals surface area contributed by atoms with Crippen LogP contribution in [0, 0.1) is 11.3 Å². The van der Waals surface area contributed by atoms with Crippen molar-refractivity contribution in [2.45, 2.75) is 19.4 Å². The average molecular weight is 218 g/mol. The lowest BCUT2D eigenvalue weighted by molar-refractivity contribution is 0.269. The molecule has 16 heavy (non-hydrogen) atoms. The zero-order valence-electron chi connectivity index (χ0n) is 9.47. The van der Waals surface area contributed by atoms with E-state index in [2.05, 4.69) is 22.0 Å². The first-order valence-electron chi connectivity index (χ1n) is 5.55. The Morgan fingerprint density at radius 2 is 2.31 bits per heavy atom. The topological polar surface area (TPSA) is 65.9 Å². The number of aromatic nitrogens is 1. The van der Waals surface area contributed by atoms with Gasteiger partial charge >= 0.3 is 0 Å². The molecule has 0 amide bonds. The standard InChI is InChI=1S/C12H18N4/c13-5-2-8-16(9-3-6-14)11-12-4-1-7-15-10-12/h1,4,7,10H,2-3,5,8-9,11,13H2. The van der Waals surface area contributed by atoms with Crippen LogP contribution in [-0.4, -0.2) is 29.5 Å². The van der Waals surface area contributed by atoms with Crippen molar-refractivity contribution in [3.63, 3.8) is 0 Å². The molecule has 0 aliphatic heterocycles. The fourth-order valence-corrected chi connectivity index (χ4v) is 1.54. The van der Waals surface area contributed by atoms with Gasteiger partial charge in [-0.2, -0.15) is 5.26 Å². The molecule has 0 saturated carbocycles. The normalized spacial score (nSPS) is 10.3. The second-order valence-electron chi connectivity index (χ2n) is 3.69. The Kier molecular flexibility index (Phi) is 6.16. The highest BCUT2D eigenvalue weighted by molar-refractivity contribution is 5.08. The molecule has 0 aliphatic carbocycles. The van der Waals surface area contributed by atoms with Gasteiger partial charge in [0.25, 0.3) is 0 Å². The molecular weight excluding hydrogens is 200 g/mol. The number of rotatable bonds is 7. The van der Waals surface area contributed by atoms with Crippen molar-refractivity contribution in [3.8, 4) is 6.07 Å². The Morgan fingerprint density at radius 3 is 2.94 bits per heavy atom. The minimum Gasteiger partial charge on any atom is -0.330 e. The third kappa shape index (κ3) is 4.87. The Morgan fingerprint density at radius 1 is 1.44 bits per heavy atom. The second-order valence-corrected chi connectivity index (χ2v) is 3.69. The quantitative estimate of drug-likeness (QED) is 0.745. The van der Waals surface area contributed by atoms with Gasteiger partial charge < -0.3 is 5.73 Å². The van der Waals surface area contributed by atoms with Crippen LogP contribution in [0.3, 0.4) is 0 Å². The van der Waals surface area contributed by atoms with E-state index in [1.807, 2.05) is 12.3 Å². The zero-order chi connectivity index (χ0) is 11.6. The zero-order valence-corrected chi connectivity index (χ0v) is 9.47. The number of hydrogen-bond acceptors (Lipinski definition) is 4. The molecule has 0 saturated heterocycles. The highest BCUT2D eigenvalue weighted by Gasteiger charge is 2.04. The maximum atomic E-state index is 8.59. The Labute approximate surface area is 96.7 Å². The maximum Gasteiger partial charge on any atom is 0.0635 e. The molecule has 1 aromatic heterocycles. The molecular formula is C12H18N4. The minimum atomic E-state index is 0.560. The van der Waals surface area contributed by atoms with E-state index in [9.17, 15) is 0 Å². The summed E-state index contributed by atoms with van der Waals surface area (Å²) in [5.41, 5.74) is 6.67. The van der Waals surface area contributed by atoms with Crippen molar-refractivity contribution in [1.29, 1.82) is 5.26 Å². The van der Waals surface area contributed by atoms with Crippen LogP contribution in [-0.2, 0) is 6.54 Å². The molecule has 1 rings (SSSR count). The van der Waals surface area contributed by atoms with E-state index in [0.29, 0.717) is 13.0 Å². The highest BCUT2D eigenvalue weighted by Crippen LogP contribution is 2.04. The average Bonchev–Trinajstić information content (AvgIpc) is 2.34. The molecule has 0 aromatic carbocycles. The highest BCUT2D eigenvalue weighted by atomic mass is 15.1. The van der Waals surface area contributed by atoms with Crippen molar-refractivity contribution in [2.75, 3.05) is 19.6 Å². The van der Waals surface area contributed by atoms with E-state index in [1.54, 1.807) is 6.20 Å². The maximum absolute atomic E-state index is 8.59. The van der Waals surface area contributed by atoms with Gasteiger partial charge in [0, 0.05) is 31.9 Å². The van der Waals surface area contributed by atoms with Crippen molar-refractivity contribution >= 4 is 0 Å². The van der Waals surface area contributed by atoms with Crippen LogP contribution in [0.1, 0.15) is 18.4 Å². The molecule has 0 unspecified atom stereocenters. The van der Waals surface area contributed by atoms with Gasteiger partial charge in [-0.15, -0.1) is 0 Å². The molecule has 1 heterocycles. The molecule has 4 heteroatoms. The van der Waals surface area contributed by atoms with Crippen LogP contribution in [0.5, 0.6) is 0 Å². The number of nitrogens with two attached hydrogens (primary N) is 1. The first-order chi connectivity index (χ1) is 7.86. The Hall–Kier alpha value is -1.44. The molecule has 86 valence electrons. The summed E-state index contributed by atoms with van der Waals surface area (Å²) in [6.07, 6.45) is 5.15. The van der Waals surface area contributed by atoms with Gasteiger partial charge in [0.05, 0.1) is 6.07 Å². The van der Waals surface area contributed by atoms with Crippen molar-refractivity contribution in [1.82, 2.24) is 9.88 Å². The predicted molar refractivity (Wildman–Crippen MR) is 63.4 cm³/mol. The van der Waals surface area contributed by atoms with E-state index >= 15 is 0 Å². The number of pyridine rings is 1. The second kappa shape index (κ2) is 7.80. The molecule has 0 bridgehead atoms. The monoisotopic (exact) mass is 218 g/mol. The summed E-state index contributed by atoms with van der Waals surface area (Å²) in [5, 5.41) is 8.59. The van der Waals surface area contributed by atoms with Crippen molar-refractivity contribution in [3.05, 3.63) is 30.1 Å². The van der Waals surface area contributed by atoms with Crippen LogP contribution < -0.4 is 5.73 Å². The summed E-state index contributed by atoms with van der Waals surface area (Å²) in [7, 11) is 0. The Balaban J connectivity index is 2.46. The van der Waals surface area contributed by atoms with Gasteiger partial charge in [0.15, 0.2) is 0 Å². The first kappa shape index (κ1) is 12.6. The molecule has 0 radical (unpaired) electrons. The summed E-state index contributed by atoms with van der Waals surface area (Å²) in [4.78, 5) is 6.33. The summed E-state index contributed by atoms with van der Waals surface area (Å²) in [5.74, 6) is 0. The van der Waals surface area contributed by atoms with Crippen LogP contribution in [0.25, 0.3) is 0 Å². The van der Waals surface area contributed by atoms with Gasteiger partial charge in [0.1, 0.15) is 0 Å². The molecule has 0 atom stereocenters. The molecule has 0 fully saturated rings. The smallest absolute Gasteiger partial charge is 0.0635 e. The summed E-state index contributed by atoms with van der Waals surface area (Å²) >= 11 is 0. The number of nitriles is 1. The van der Waals surface area contributed by atoms with E-state index in [-0.39, 0.29) is 0 Å². The van der Waals surface area contributed by atoms with E-state index < -0.39 is 0 Å². The van der Waals surface area contributed by atoms with Gasteiger partial charge in [0.2, 0.25) is 0 Å². The Bertz CT molecular complexity index is 318. The van der Waals surface area contributed by atoms with Gasteiger partial charge in [-0.25, -0.2) is 0 Å². The first-order valence-corrected chi connectivity index (χ1v) is 5.55. The van der Waals surface area contributed by atoms with Crippen LogP contribution in [0.4, 0.5) is 0 Å². The number of nitrogens with zero attached hydrogens (tertiary/aromatic N) is 3. The van der Waals surface area contributed by atoms with Crippen LogP contribution in [0.2, 0.25) is 0 Å². The SMILES string of the molecule is N#CCCN(CCCN)Cc1cccnc1. The lowest BCUT2D eigenvalue weighted by Crippen LogP contribution is -2.27.